The molecule has 0 bridgehead atoms. The van der Waals surface area contributed by atoms with Gasteiger partial charge in [-0.25, -0.2) is 0 Å². The molecular formula is C9H16N2O2. The Morgan fingerprint density at radius 2 is 2.15 bits per heavy atom. The standard InChI is InChI=1S/C9H16N2O2/c1-9(2,10(3)4)8(12)11-5-6-13-7-11/h5-6H,7H2,1-4H3. The summed E-state index contributed by atoms with van der Waals surface area (Å²) in [4.78, 5) is 15.3. The molecule has 1 amide bonds. The van der Waals surface area contributed by atoms with Crippen LogP contribution in [0.5, 0.6) is 0 Å². The van der Waals surface area contributed by atoms with Gasteiger partial charge in [0.25, 0.3) is 0 Å². The molecule has 1 aliphatic rings. The van der Waals surface area contributed by atoms with Gasteiger partial charge in [0.1, 0.15) is 6.26 Å². The van der Waals surface area contributed by atoms with Crippen molar-refractivity contribution in [2.75, 3.05) is 20.8 Å². The lowest BCUT2D eigenvalue weighted by atomic mass is 10.0. The molecule has 0 unspecified atom stereocenters. The number of hydrogen-bond donors (Lipinski definition) is 0. The smallest absolute Gasteiger partial charge is 0.249 e. The van der Waals surface area contributed by atoms with Gasteiger partial charge >= 0.3 is 0 Å². The van der Waals surface area contributed by atoms with Crippen LogP contribution in [0.3, 0.4) is 0 Å². The average molecular weight is 184 g/mol. The molecule has 74 valence electrons. The highest BCUT2D eigenvalue weighted by molar-refractivity contribution is 5.86. The first kappa shape index (κ1) is 10.1. The maximum Gasteiger partial charge on any atom is 0.249 e. The van der Waals surface area contributed by atoms with Gasteiger partial charge in [-0.1, -0.05) is 0 Å². The van der Waals surface area contributed by atoms with Crippen LogP contribution in [0.2, 0.25) is 0 Å². The molecule has 0 saturated carbocycles. The minimum atomic E-state index is -0.488. The van der Waals surface area contributed by atoms with Gasteiger partial charge < -0.3 is 4.74 Å². The molecule has 1 heterocycles. The van der Waals surface area contributed by atoms with Crippen molar-refractivity contribution in [3.8, 4) is 0 Å². The van der Waals surface area contributed by atoms with E-state index in [-0.39, 0.29) is 5.91 Å². The lowest BCUT2D eigenvalue weighted by molar-refractivity contribution is -0.140. The first-order chi connectivity index (χ1) is 5.96. The SMILES string of the molecule is CN(C)C(C)(C)C(=O)N1C=COC1. The van der Waals surface area contributed by atoms with E-state index < -0.39 is 5.54 Å². The highest BCUT2D eigenvalue weighted by atomic mass is 16.5. The topological polar surface area (TPSA) is 32.8 Å². The van der Waals surface area contributed by atoms with Crippen molar-refractivity contribution in [2.45, 2.75) is 19.4 Å². The highest BCUT2D eigenvalue weighted by Gasteiger charge is 2.34. The molecule has 4 nitrogen and oxygen atoms in total. The van der Waals surface area contributed by atoms with Crippen molar-refractivity contribution in [3.05, 3.63) is 12.5 Å². The quantitative estimate of drug-likeness (QED) is 0.630. The lowest BCUT2D eigenvalue weighted by Crippen LogP contribution is -2.51. The molecule has 1 rings (SSSR count). The van der Waals surface area contributed by atoms with E-state index in [2.05, 4.69) is 0 Å². The number of hydrogen-bond acceptors (Lipinski definition) is 3. The molecule has 0 aromatic rings. The van der Waals surface area contributed by atoms with Gasteiger partial charge in [0.05, 0.1) is 5.54 Å². The molecule has 0 aliphatic carbocycles. The van der Waals surface area contributed by atoms with Crippen molar-refractivity contribution >= 4 is 5.91 Å². The number of ether oxygens (including phenoxy) is 1. The summed E-state index contributed by atoms with van der Waals surface area (Å²) in [7, 11) is 3.77. The van der Waals surface area contributed by atoms with Crippen LogP contribution in [0.1, 0.15) is 13.8 Å². The average Bonchev–Trinajstić information content (AvgIpc) is 2.54. The molecule has 0 aromatic heterocycles. The Kier molecular flexibility index (Phi) is 2.61. The van der Waals surface area contributed by atoms with Gasteiger partial charge in [-0.15, -0.1) is 0 Å². The van der Waals surface area contributed by atoms with E-state index in [4.69, 9.17) is 4.74 Å². The van der Waals surface area contributed by atoms with E-state index in [1.807, 2.05) is 32.8 Å². The summed E-state index contributed by atoms with van der Waals surface area (Å²) >= 11 is 0. The van der Waals surface area contributed by atoms with Gasteiger partial charge in [-0.3, -0.25) is 14.6 Å². The molecule has 0 aromatic carbocycles. The fraction of sp³-hybridized carbons (Fsp3) is 0.667. The van der Waals surface area contributed by atoms with Crippen molar-refractivity contribution in [1.82, 2.24) is 9.80 Å². The van der Waals surface area contributed by atoms with Crippen LogP contribution in [0.4, 0.5) is 0 Å². The summed E-state index contributed by atoms with van der Waals surface area (Å²) in [5.74, 6) is 0.0475. The van der Waals surface area contributed by atoms with Crippen molar-refractivity contribution in [2.24, 2.45) is 0 Å². The summed E-state index contributed by atoms with van der Waals surface area (Å²) in [6.45, 7) is 4.11. The molecule has 0 spiro atoms. The number of amides is 1. The minimum absolute atomic E-state index is 0.0475. The summed E-state index contributed by atoms with van der Waals surface area (Å²) in [5, 5.41) is 0. The van der Waals surface area contributed by atoms with Gasteiger partial charge in [-0.05, 0) is 27.9 Å². The molecule has 4 heteroatoms. The lowest BCUT2D eigenvalue weighted by Gasteiger charge is -2.33. The largest absolute Gasteiger partial charge is 0.479 e. The fourth-order valence-corrected chi connectivity index (χ4v) is 0.952. The third-order valence-corrected chi connectivity index (χ3v) is 2.45. The Morgan fingerprint density at radius 1 is 1.54 bits per heavy atom. The zero-order valence-electron chi connectivity index (χ0n) is 8.57. The summed E-state index contributed by atoms with van der Waals surface area (Å²) in [5.41, 5.74) is -0.488. The maximum atomic E-state index is 11.9. The van der Waals surface area contributed by atoms with Crippen molar-refractivity contribution in [3.63, 3.8) is 0 Å². The van der Waals surface area contributed by atoms with Crippen LogP contribution in [0.15, 0.2) is 12.5 Å². The van der Waals surface area contributed by atoms with Crippen LogP contribution in [0, 0.1) is 0 Å². The predicted octanol–water partition coefficient (Wildman–Crippen LogP) is 0.614. The molecule has 13 heavy (non-hydrogen) atoms. The zero-order chi connectivity index (χ0) is 10.1. The van der Waals surface area contributed by atoms with Crippen LogP contribution in [-0.4, -0.2) is 42.1 Å². The fourth-order valence-electron chi connectivity index (χ4n) is 0.952. The second-order valence-corrected chi connectivity index (χ2v) is 3.81. The summed E-state index contributed by atoms with van der Waals surface area (Å²) in [6, 6.07) is 0. The van der Waals surface area contributed by atoms with Crippen molar-refractivity contribution in [1.29, 1.82) is 0 Å². The first-order valence-corrected chi connectivity index (χ1v) is 4.23. The maximum absolute atomic E-state index is 11.9. The molecule has 0 N–H and O–H groups in total. The van der Waals surface area contributed by atoms with Crippen LogP contribution >= 0.6 is 0 Å². The van der Waals surface area contributed by atoms with Gasteiger partial charge in [0.15, 0.2) is 6.73 Å². The molecular weight excluding hydrogens is 168 g/mol. The number of carbonyl (C=O) groups excluding carboxylic acids is 1. The van der Waals surface area contributed by atoms with Gasteiger partial charge in [0, 0.05) is 6.20 Å². The van der Waals surface area contributed by atoms with E-state index in [0.29, 0.717) is 6.73 Å². The number of likely N-dealkylation sites (N-methyl/N-ethyl adjacent to an activating group) is 1. The Balaban J connectivity index is 2.71. The second-order valence-electron chi connectivity index (χ2n) is 3.81. The highest BCUT2D eigenvalue weighted by Crippen LogP contribution is 2.16. The summed E-state index contributed by atoms with van der Waals surface area (Å²) in [6.07, 6.45) is 3.19. The third kappa shape index (κ3) is 1.83. The normalized spacial score (nSPS) is 16.5. The van der Waals surface area contributed by atoms with Crippen LogP contribution in [-0.2, 0) is 9.53 Å². The molecule has 0 radical (unpaired) electrons. The monoisotopic (exact) mass is 184 g/mol. The van der Waals surface area contributed by atoms with E-state index in [9.17, 15) is 4.79 Å². The van der Waals surface area contributed by atoms with Gasteiger partial charge in [-0.2, -0.15) is 0 Å². The Labute approximate surface area is 78.8 Å². The number of carbonyl (C=O) groups is 1. The van der Waals surface area contributed by atoms with E-state index in [0.717, 1.165) is 0 Å². The van der Waals surface area contributed by atoms with E-state index >= 15 is 0 Å². The Bertz CT molecular complexity index is 234. The molecule has 0 atom stereocenters. The number of nitrogens with zero attached hydrogens (tertiary/aromatic N) is 2. The Morgan fingerprint density at radius 3 is 2.54 bits per heavy atom. The van der Waals surface area contributed by atoms with Gasteiger partial charge in [0.2, 0.25) is 5.91 Å². The third-order valence-electron chi connectivity index (χ3n) is 2.45. The first-order valence-electron chi connectivity index (χ1n) is 4.23. The molecule has 1 aliphatic heterocycles. The molecule has 0 fully saturated rings. The Hall–Kier alpha value is -1.03. The minimum Gasteiger partial charge on any atom is -0.479 e. The van der Waals surface area contributed by atoms with Crippen molar-refractivity contribution < 1.29 is 9.53 Å². The zero-order valence-corrected chi connectivity index (χ0v) is 8.57. The van der Waals surface area contributed by atoms with Crippen LogP contribution < -0.4 is 0 Å². The summed E-state index contributed by atoms with van der Waals surface area (Å²) < 4.78 is 4.96. The second kappa shape index (κ2) is 3.38. The molecule has 0 saturated heterocycles. The van der Waals surface area contributed by atoms with E-state index in [1.165, 1.54) is 6.26 Å². The van der Waals surface area contributed by atoms with E-state index in [1.54, 1.807) is 11.1 Å². The predicted molar refractivity (Wildman–Crippen MR) is 49.7 cm³/mol. The van der Waals surface area contributed by atoms with Crippen LogP contribution in [0.25, 0.3) is 0 Å². The number of rotatable bonds is 2.